The van der Waals surface area contributed by atoms with Gasteiger partial charge in [0.15, 0.2) is 0 Å². The van der Waals surface area contributed by atoms with Crippen molar-refractivity contribution in [3.8, 4) is 0 Å². The summed E-state index contributed by atoms with van der Waals surface area (Å²) in [6.07, 6.45) is 6.60. The highest BCUT2D eigenvalue weighted by Gasteiger charge is 2.34. The molecule has 2 saturated heterocycles. The molecule has 0 bridgehead atoms. The fourth-order valence-electron chi connectivity index (χ4n) is 4.66. The van der Waals surface area contributed by atoms with Crippen LogP contribution in [0.15, 0.2) is 48.7 Å². The number of hydrogen-bond acceptors (Lipinski definition) is 4. The molecule has 0 spiro atoms. The van der Waals surface area contributed by atoms with Crippen molar-refractivity contribution in [2.24, 2.45) is 0 Å². The average molecular weight is 545 g/mol. The van der Waals surface area contributed by atoms with E-state index in [4.69, 9.17) is 11.6 Å². The summed E-state index contributed by atoms with van der Waals surface area (Å²) in [5, 5.41) is 4.58. The molecule has 3 heterocycles. The lowest BCUT2D eigenvalue weighted by atomic mass is 9.94. The minimum absolute atomic E-state index is 0. The van der Waals surface area contributed by atoms with Crippen molar-refractivity contribution in [3.63, 3.8) is 0 Å². The number of aromatic nitrogens is 1. The molecule has 4 rings (SSSR count). The molecule has 2 fully saturated rings. The van der Waals surface area contributed by atoms with E-state index in [-0.39, 0.29) is 49.6 Å². The number of benzene rings is 1. The van der Waals surface area contributed by atoms with Crippen molar-refractivity contribution in [2.75, 3.05) is 31.1 Å². The first kappa shape index (κ1) is 31.5. The highest BCUT2D eigenvalue weighted by atomic mass is 35.5. The third-order valence-corrected chi connectivity index (χ3v) is 6.58. The highest BCUT2D eigenvalue weighted by Crippen LogP contribution is 2.26. The first-order valence-electron chi connectivity index (χ1n) is 10.6. The van der Waals surface area contributed by atoms with Crippen LogP contribution in [0.1, 0.15) is 31.7 Å². The van der Waals surface area contributed by atoms with Gasteiger partial charge in [0, 0.05) is 55.5 Å². The van der Waals surface area contributed by atoms with Gasteiger partial charge in [-0.1, -0.05) is 36.7 Å². The van der Waals surface area contributed by atoms with Crippen LogP contribution in [-0.4, -0.2) is 54.2 Å². The van der Waals surface area contributed by atoms with Gasteiger partial charge in [-0.2, -0.15) is 0 Å². The molecule has 2 aromatic rings. The van der Waals surface area contributed by atoms with E-state index in [1.54, 1.807) is 0 Å². The second kappa shape index (κ2) is 15.4. The van der Waals surface area contributed by atoms with Crippen LogP contribution in [0.4, 0.5) is 5.82 Å². The lowest BCUT2D eigenvalue weighted by Gasteiger charge is -2.47. The van der Waals surface area contributed by atoms with E-state index >= 15 is 0 Å². The number of pyridine rings is 1. The Bertz CT molecular complexity index is 742. The molecule has 0 amide bonds. The Hall–Kier alpha value is -0.460. The van der Waals surface area contributed by atoms with Crippen molar-refractivity contribution < 1.29 is 0 Å². The Labute approximate surface area is 222 Å². The first-order chi connectivity index (χ1) is 13.7. The molecule has 32 heavy (non-hydrogen) atoms. The summed E-state index contributed by atoms with van der Waals surface area (Å²) in [5.74, 6) is 1.12. The van der Waals surface area contributed by atoms with Crippen molar-refractivity contribution in [2.45, 2.75) is 50.7 Å². The number of rotatable bonds is 5. The largest absolute Gasteiger partial charge is 0.357 e. The zero-order valence-electron chi connectivity index (χ0n) is 18.4. The Kier molecular flexibility index (Phi) is 15.2. The van der Waals surface area contributed by atoms with Crippen molar-refractivity contribution >= 4 is 67.0 Å². The fraction of sp³-hybridized carbons (Fsp3) is 0.522. The fourth-order valence-corrected chi connectivity index (χ4v) is 4.78. The molecule has 0 saturated carbocycles. The van der Waals surface area contributed by atoms with Gasteiger partial charge in [-0.15, -0.1) is 49.6 Å². The van der Waals surface area contributed by atoms with Gasteiger partial charge in [-0.25, -0.2) is 4.98 Å². The van der Waals surface area contributed by atoms with Gasteiger partial charge in [0.25, 0.3) is 0 Å². The second-order valence-electron chi connectivity index (χ2n) is 8.10. The molecule has 0 radical (unpaired) electrons. The maximum Gasteiger partial charge on any atom is 0.128 e. The van der Waals surface area contributed by atoms with E-state index < -0.39 is 0 Å². The molecule has 182 valence electrons. The van der Waals surface area contributed by atoms with Crippen LogP contribution in [0.2, 0.25) is 5.02 Å². The Morgan fingerprint density at radius 3 is 2.28 bits per heavy atom. The van der Waals surface area contributed by atoms with Crippen molar-refractivity contribution in [3.05, 3.63) is 59.2 Å². The summed E-state index contributed by atoms with van der Waals surface area (Å²) >= 11 is 6.07. The minimum Gasteiger partial charge on any atom is -0.357 e. The Balaban J connectivity index is 0.00000240. The van der Waals surface area contributed by atoms with Gasteiger partial charge in [0.2, 0.25) is 0 Å². The highest BCUT2D eigenvalue weighted by molar-refractivity contribution is 6.30. The monoisotopic (exact) mass is 542 g/mol. The van der Waals surface area contributed by atoms with Crippen LogP contribution in [0.5, 0.6) is 0 Å². The molecular weight excluding hydrogens is 510 g/mol. The summed E-state index contributed by atoms with van der Waals surface area (Å²) in [6, 6.07) is 16.4. The number of nitrogens with one attached hydrogen (secondary N) is 1. The van der Waals surface area contributed by atoms with Crippen LogP contribution in [0.25, 0.3) is 0 Å². The normalized spacial score (nSPS) is 21.4. The van der Waals surface area contributed by atoms with Crippen LogP contribution in [-0.2, 0) is 6.42 Å². The maximum absolute atomic E-state index is 6.07. The van der Waals surface area contributed by atoms with E-state index in [1.165, 1.54) is 24.8 Å². The number of halogens is 5. The second-order valence-corrected chi connectivity index (χ2v) is 8.54. The van der Waals surface area contributed by atoms with Gasteiger partial charge in [-0.3, -0.25) is 4.90 Å². The smallest absolute Gasteiger partial charge is 0.128 e. The molecule has 4 nitrogen and oxygen atoms in total. The zero-order valence-corrected chi connectivity index (χ0v) is 22.4. The van der Waals surface area contributed by atoms with E-state index in [9.17, 15) is 0 Å². The van der Waals surface area contributed by atoms with E-state index in [0.29, 0.717) is 18.1 Å². The van der Waals surface area contributed by atoms with Crippen LogP contribution < -0.4 is 10.2 Å². The maximum atomic E-state index is 6.07. The Morgan fingerprint density at radius 1 is 1.00 bits per heavy atom. The number of piperazine rings is 1. The first-order valence-corrected chi connectivity index (χ1v) is 11.0. The topological polar surface area (TPSA) is 31.4 Å². The standard InChI is InChI=1S/C23H31ClN4.4ClH/c1-2-20-17-28(22(16-26-20)15-18-6-8-19(24)9-7-18)21-10-13-27(14-11-21)23-5-3-4-12-25-23;;;;/h3-9,12,20-22,26H,2,10-11,13-17H2,1H3;4*1H/t20-,22-;;;;/m0..../s1. The molecule has 9 heteroatoms. The Morgan fingerprint density at radius 2 is 1.69 bits per heavy atom. The molecule has 2 atom stereocenters. The average Bonchev–Trinajstić information content (AvgIpc) is 2.76. The van der Waals surface area contributed by atoms with Crippen LogP contribution >= 0.6 is 61.2 Å². The minimum atomic E-state index is 0. The number of anilines is 1. The SMILES string of the molecule is CC[C@H]1CN(C2CCN(c3ccccn3)CC2)[C@@H](Cc2ccc(Cl)cc2)CN1.Cl.Cl.Cl.Cl. The lowest BCUT2D eigenvalue weighted by molar-refractivity contribution is 0.0671. The van der Waals surface area contributed by atoms with E-state index in [0.717, 1.165) is 43.4 Å². The lowest BCUT2D eigenvalue weighted by Crippen LogP contribution is -2.61. The predicted molar refractivity (Wildman–Crippen MR) is 146 cm³/mol. The molecule has 2 aliphatic rings. The molecule has 0 aliphatic carbocycles. The molecule has 1 aromatic carbocycles. The van der Waals surface area contributed by atoms with Crippen molar-refractivity contribution in [1.82, 2.24) is 15.2 Å². The molecule has 0 unspecified atom stereocenters. The van der Waals surface area contributed by atoms with Crippen molar-refractivity contribution in [1.29, 1.82) is 0 Å². The molecule has 2 aliphatic heterocycles. The third kappa shape index (κ3) is 8.09. The molecule has 1 aromatic heterocycles. The van der Waals surface area contributed by atoms with Crippen LogP contribution in [0, 0.1) is 0 Å². The van der Waals surface area contributed by atoms with Crippen LogP contribution in [0.3, 0.4) is 0 Å². The number of hydrogen-bond donors (Lipinski definition) is 1. The van der Waals surface area contributed by atoms with Gasteiger partial charge >= 0.3 is 0 Å². The van der Waals surface area contributed by atoms with E-state index in [2.05, 4.69) is 51.3 Å². The van der Waals surface area contributed by atoms with Gasteiger partial charge in [0.1, 0.15) is 5.82 Å². The molecule has 1 N–H and O–H groups in total. The third-order valence-electron chi connectivity index (χ3n) is 6.33. The summed E-state index contributed by atoms with van der Waals surface area (Å²) in [7, 11) is 0. The summed E-state index contributed by atoms with van der Waals surface area (Å²) in [5.41, 5.74) is 1.38. The molecular formula is C23H35Cl5N4. The summed E-state index contributed by atoms with van der Waals surface area (Å²) in [4.78, 5) is 9.77. The zero-order chi connectivity index (χ0) is 19.3. The van der Waals surface area contributed by atoms with Gasteiger partial charge < -0.3 is 10.2 Å². The summed E-state index contributed by atoms with van der Waals surface area (Å²) in [6.45, 7) is 6.70. The van der Waals surface area contributed by atoms with Gasteiger partial charge in [0.05, 0.1) is 0 Å². The number of nitrogens with zero attached hydrogens (tertiary/aromatic N) is 3. The number of piperidine rings is 1. The summed E-state index contributed by atoms with van der Waals surface area (Å²) < 4.78 is 0. The van der Waals surface area contributed by atoms with E-state index in [1.807, 2.05) is 24.4 Å². The quantitative estimate of drug-likeness (QED) is 0.524. The van der Waals surface area contributed by atoms with Gasteiger partial charge in [-0.05, 0) is 55.5 Å². The predicted octanol–water partition coefficient (Wildman–Crippen LogP) is 5.69.